The molecule has 2 bridgehead atoms. The lowest BCUT2D eigenvalue weighted by molar-refractivity contribution is -0.128. The summed E-state index contributed by atoms with van der Waals surface area (Å²) in [5.41, 5.74) is -0.644. The van der Waals surface area contributed by atoms with Crippen molar-refractivity contribution in [3.05, 3.63) is 39.8 Å². The van der Waals surface area contributed by atoms with Gasteiger partial charge in [-0.3, -0.25) is 24.8 Å². The number of Topliss-reactive ketones (excluding diaryl/α,β-unsaturated/α-hetero) is 1. The second-order valence-electron chi connectivity index (χ2n) is 10.4. The molecule has 0 saturated heterocycles. The van der Waals surface area contributed by atoms with Gasteiger partial charge in [0.25, 0.3) is 0 Å². The first-order chi connectivity index (χ1) is 17.3. The zero-order chi connectivity index (χ0) is 27.0. The smallest absolute Gasteiger partial charge is 0.248 e. The van der Waals surface area contributed by atoms with Crippen LogP contribution in [0.1, 0.15) is 45.6 Å². The molecule has 1 aromatic carbocycles. The van der Waals surface area contributed by atoms with Crippen LogP contribution in [0, 0.1) is 20.7 Å². The first-order valence-corrected chi connectivity index (χ1v) is 14.9. The van der Waals surface area contributed by atoms with E-state index in [0.29, 0.717) is 16.8 Å². The number of carbonyl (C=O) groups is 3. The molecule has 2 saturated carbocycles. The molecule has 13 heteroatoms. The summed E-state index contributed by atoms with van der Waals surface area (Å²) >= 11 is 6.03. The van der Waals surface area contributed by atoms with Crippen molar-refractivity contribution in [2.75, 3.05) is 11.1 Å². The van der Waals surface area contributed by atoms with Crippen LogP contribution in [0.4, 0.5) is 5.13 Å². The SMILES string of the molecule is C[C@H](NC(=O)[C@H](Cc1ccccc1)NS(=O)(=O)CC12CCC(CC1=O)C2(C)C)C(=O)Nc1n[nH]c(=S)s1. The Hall–Kier alpha value is -2.48. The number of nitrogens with zero attached hydrogens (tertiary/aromatic N) is 1. The summed E-state index contributed by atoms with van der Waals surface area (Å²) in [6, 6.07) is 6.85. The Labute approximate surface area is 225 Å². The number of aromatic amines is 1. The highest BCUT2D eigenvalue weighted by atomic mass is 32.2. The van der Waals surface area contributed by atoms with Gasteiger partial charge in [-0.2, -0.15) is 0 Å². The zero-order valence-corrected chi connectivity index (χ0v) is 23.3. The van der Waals surface area contributed by atoms with E-state index < -0.39 is 44.8 Å². The molecule has 37 heavy (non-hydrogen) atoms. The standard InChI is InChI=1S/C24H31N5O5S3/c1-14(19(31)26-21-27-28-22(35)36-21)25-20(32)17(11-15-7-5-4-6-8-15)29-37(33,34)13-24-10-9-16(12-18(24)30)23(24,2)3/h4-8,14,16-17,29H,9-13H2,1-3H3,(H,25,32)(H,28,35)(H,26,27,31)/t14-,16?,17-,24?/m0/s1. The van der Waals surface area contributed by atoms with E-state index in [4.69, 9.17) is 12.2 Å². The Morgan fingerprint density at radius 2 is 1.95 bits per heavy atom. The Bertz CT molecular complexity index is 1350. The highest BCUT2D eigenvalue weighted by Gasteiger charge is 2.65. The molecule has 4 rings (SSSR count). The number of hydrogen-bond acceptors (Lipinski definition) is 8. The van der Waals surface area contributed by atoms with Gasteiger partial charge < -0.3 is 5.32 Å². The van der Waals surface area contributed by atoms with Gasteiger partial charge in [0.15, 0.2) is 3.95 Å². The minimum absolute atomic E-state index is 0.0184. The van der Waals surface area contributed by atoms with Gasteiger partial charge in [0, 0.05) is 11.8 Å². The molecule has 200 valence electrons. The number of H-pyrrole nitrogens is 1. The molecule has 0 spiro atoms. The van der Waals surface area contributed by atoms with Crippen molar-refractivity contribution in [1.29, 1.82) is 0 Å². The summed E-state index contributed by atoms with van der Waals surface area (Å²) in [4.78, 5) is 38.7. The fourth-order valence-electron chi connectivity index (χ4n) is 5.61. The second-order valence-corrected chi connectivity index (χ2v) is 13.8. The molecule has 4 N–H and O–H groups in total. The highest BCUT2D eigenvalue weighted by Crippen LogP contribution is 2.64. The summed E-state index contributed by atoms with van der Waals surface area (Å²) in [5.74, 6) is -1.38. The van der Waals surface area contributed by atoms with Crippen molar-refractivity contribution in [2.45, 2.75) is 58.5 Å². The topological polar surface area (TPSA) is 150 Å². The third-order valence-electron chi connectivity index (χ3n) is 7.92. The summed E-state index contributed by atoms with van der Waals surface area (Å²) in [6.07, 6.45) is 1.82. The van der Waals surface area contributed by atoms with Crippen LogP contribution in [0.2, 0.25) is 0 Å². The Balaban J connectivity index is 1.50. The number of sulfonamides is 1. The zero-order valence-electron chi connectivity index (χ0n) is 20.9. The molecular weight excluding hydrogens is 534 g/mol. The van der Waals surface area contributed by atoms with Crippen molar-refractivity contribution >= 4 is 56.3 Å². The van der Waals surface area contributed by atoms with E-state index in [1.807, 2.05) is 19.9 Å². The maximum Gasteiger partial charge on any atom is 0.248 e. The van der Waals surface area contributed by atoms with Crippen LogP contribution in [-0.4, -0.2) is 54.0 Å². The third-order valence-corrected chi connectivity index (χ3v) is 10.4. The highest BCUT2D eigenvalue weighted by molar-refractivity contribution is 7.89. The second kappa shape index (κ2) is 10.4. The summed E-state index contributed by atoms with van der Waals surface area (Å²) < 4.78 is 29.8. The Kier molecular flexibility index (Phi) is 7.71. The Morgan fingerprint density at radius 1 is 1.24 bits per heavy atom. The maximum absolute atomic E-state index is 13.4. The van der Waals surface area contributed by atoms with Gasteiger partial charge in [0.05, 0.1) is 5.75 Å². The molecule has 4 atom stereocenters. The molecule has 2 amide bonds. The fourth-order valence-corrected chi connectivity index (χ4v) is 8.43. The van der Waals surface area contributed by atoms with Gasteiger partial charge in [0.2, 0.25) is 27.0 Å². The number of rotatable bonds is 10. The largest absolute Gasteiger partial charge is 0.343 e. The van der Waals surface area contributed by atoms with Crippen LogP contribution < -0.4 is 15.4 Å². The summed E-state index contributed by atoms with van der Waals surface area (Å²) in [7, 11) is -4.04. The predicted octanol–water partition coefficient (Wildman–Crippen LogP) is 2.57. The minimum Gasteiger partial charge on any atom is -0.343 e. The molecule has 0 radical (unpaired) electrons. The molecule has 2 fully saturated rings. The number of nitrogens with one attached hydrogen (secondary N) is 4. The van der Waals surface area contributed by atoms with Crippen molar-refractivity contribution < 1.29 is 22.8 Å². The van der Waals surface area contributed by atoms with Crippen LogP contribution in [-0.2, 0) is 30.8 Å². The lowest BCUT2D eigenvalue weighted by Crippen LogP contribution is -2.54. The minimum atomic E-state index is -4.04. The molecular formula is C24H31N5O5S3. The summed E-state index contributed by atoms with van der Waals surface area (Å²) in [6.45, 7) is 5.42. The number of anilines is 1. The molecule has 1 heterocycles. The monoisotopic (exact) mass is 565 g/mol. The number of aromatic nitrogens is 2. The molecule has 0 aliphatic heterocycles. The van der Waals surface area contributed by atoms with Gasteiger partial charge in [0.1, 0.15) is 17.9 Å². The quantitative estimate of drug-likeness (QED) is 0.323. The normalized spacial score (nSPS) is 24.0. The number of ketones is 1. The average molecular weight is 566 g/mol. The molecule has 2 aromatic rings. The van der Waals surface area contributed by atoms with E-state index in [1.165, 1.54) is 6.92 Å². The first-order valence-electron chi connectivity index (χ1n) is 12.1. The number of hydrogen-bond donors (Lipinski definition) is 4. The lowest BCUT2D eigenvalue weighted by Gasteiger charge is -2.36. The van der Waals surface area contributed by atoms with Crippen molar-refractivity contribution in [3.8, 4) is 0 Å². The van der Waals surface area contributed by atoms with E-state index in [2.05, 4.69) is 25.6 Å². The molecule has 2 aliphatic rings. The molecule has 2 unspecified atom stereocenters. The summed E-state index contributed by atoms with van der Waals surface area (Å²) in [5, 5.41) is 11.8. The number of carbonyl (C=O) groups excluding carboxylic acids is 3. The van der Waals surface area contributed by atoms with E-state index >= 15 is 0 Å². The first kappa shape index (κ1) is 27.6. The number of benzene rings is 1. The van der Waals surface area contributed by atoms with E-state index in [-0.39, 0.29) is 29.0 Å². The van der Waals surface area contributed by atoms with Crippen molar-refractivity contribution in [2.24, 2.45) is 16.7 Å². The molecule has 10 nitrogen and oxygen atoms in total. The van der Waals surface area contributed by atoms with Crippen LogP contribution in [0.15, 0.2) is 30.3 Å². The predicted molar refractivity (Wildman–Crippen MR) is 143 cm³/mol. The van der Waals surface area contributed by atoms with Crippen LogP contribution in [0.3, 0.4) is 0 Å². The van der Waals surface area contributed by atoms with E-state index in [9.17, 15) is 22.8 Å². The molecule has 1 aromatic heterocycles. The van der Waals surface area contributed by atoms with Crippen molar-refractivity contribution in [3.63, 3.8) is 0 Å². The van der Waals surface area contributed by atoms with Gasteiger partial charge in [-0.05, 0) is 55.3 Å². The van der Waals surface area contributed by atoms with Gasteiger partial charge in [-0.25, -0.2) is 13.1 Å². The van der Waals surface area contributed by atoms with Gasteiger partial charge in [-0.15, -0.1) is 5.10 Å². The lowest BCUT2D eigenvalue weighted by atomic mass is 9.70. The number of fused-ring (bicyclic) bond motifs is 2. The average Bonchev–Trinajstić information content (AvgIpc) is 3.39. The Morgan fingerprint density at radius 3 is 2.51 bits per heavy atom. The van der Waals surface area contributed by atoms with E-state index in [0.717, 1.165) is 23.3 Å². The fraction of sp³-hybridized carbons (Fsp3) is 0.542. The third kappa shape index (κ3) is 5.69. The van der Waals surface area contributed by atoms with Crippen LogP contribution in [0.25, 0.3) is 0 Å². The van der Waals surface area contributed by atoms with Crippen molar-refractivity contribution in [1.82, 2.24) is 20.2 Å². The maximum atomic E-state index is 13.4. The van der Waals surface area contributed by atoms with E-state index in [1.54, 1.807) is 24.3 Å². The molecule has 2 aliphatic carbocycles. The van der Waals surface area contributed by atoms with Gasteiger partial charge >= 0.3 is 0 Å². The van der Waals surface area contributed by atoms with Gasteiger partial charge in [-0.1, -0.05) is 55.5 Å². The van der Waals surface area contributed by atoms with Crippen LogP contribution in [0.5, 0.6) is 0 Å². The number of amides is 2. The van der Waals surface area contributed by atoms with Crippen LogP contribution >= 0.6 is 23.6 Å².